The molecule has 1 aromatic carbocycles. The van der Waals surface area contributed by atoms with Gasteiger partial charge in [-0.1, -0.05) is 26.0 Å². The molecule has 1 heterocycles. The summed E-state index contributed by atoms with van der Waals surface area (Å²) in [5.41, 5.74) is 8.20. The molecule has 0 fully saturated rings. The molecule has 0 bridgehead atoms. The van der Waals surface area contributed by atoms with Crippen molar-refractivity contribution in [1.29, 1.82) is 0 Å². The minimum atomic E-state index is -0.482. The molecule has 1 aliphatic carbocycles. The minimum Gasteiger partial charge on any atom is -0.484 e. The zero-order valence-electron chi connectivity index (χ0n) is 15.1. The van der Waals surface area contributed by atoms with Gasteiger partial charge in [0.15, 0.2) is 6.61 Å². The summed E-state index contributed by atoms with van der Waals surface area (Å²) >= 11 is 1.46. The molecule has 26 heavy (non-hydrogen) atoms. The number of amides is 2. The maximum Gasteiger partial charge on any atom is 0.262 e. The second kappa shape index (κ2) is 7.91. The average Bonchev–Trinajstić information content (AvgIpc) is 2.97. The van der Waals surface area contributed by atoms with Crippen molar-refractivity contribution < 1.29 is 14.3 Å². The third-order valence-electron chi connectivity index (χ3n) is 4.69. The summed E-state index contributed by atoms with van der Waals surface area (Å²) < 4.78 is 5.58. The van der Waals surface area contributed by atoms with Crippen LogP contribution in [0.5, 0.6) is 5.75 Å². The van der Waals surface area contributed by atoms with E-state index < -0.39 is 5.91 Å². The molecular weight excluding hydrogens is 348 g/mol. The normalized spacial score (nSPS) is 16.0. The minimum absolute atomic E-state index is 0.107. The standard InChI is InChI=1S/C20H24N2O3S/c1-3-13-5-4-6-14(10-13)25-11-17(23)22-20-18(19(21)24)15-8-7-12(2)9-16(15)26-20/h4-6,10,12H,3,7-9,11H2,1-2H3,(H2,21,24)(H,22,23)/t12-/m0/s1. The number of hydrogen-bond acceptors (Lipinski definition) is 4. The van der Waals surface area contributed by atoms with E-state index in [1.807, 2.05) is 24.3 Å². The van der Waals surface area contributed by atoms with Crippen LogP contribution in [0.25, 0.3) is 0 Å². The lowest BCUT2D eigenvalue weighted by molar-refractivity contribution is -0.118. The van der Waals surface area contributed by atoms with Gasteiger partial charge in [0.2, 0.25) is 0 Å². The number of ether oxygens (including phenoxy) is 1. The van der Waals surface area contributed by atoms with Gasteiger partial charge in [-0.05, 0) is 54.9 Å². The molecule has 0 saturated heterocycles. The number of fused-ring (bicyclic) bond motifs is 1. The first kappa shape index (κ1) is 18.5. The summed E-state index contributed by atoms with van der Waals surface area (Å²) in [6.45, 7) is 4.16. The molecule has 138 valence electrons. The SMILES string of the molecule is CCc1cccc(OCC(=O)Nc2sc3c(c2C(N)=O)CC[C@H](C)C3)c1. The maximum atomic E-state index is 12.3. The van der Waals surface area contributed by atoms with E-state index in [9.17, 15) is 9.59 Å². The van der Waals surface area contributed by atoms with E-state index in [2.05, 4.69) is 19.2 Å². The van der Waals surface area contributed by atoms with Crippen molar-refractivity contribution in [2.24, 2.45) is 11.7 Å². The number of benzene rings is 1. The number of carbonyl (C=O) groups excluding carboxylic acids is 2. The number of anilines is 1. The van der Waals surface area contributed by atoms with Crippen LogP contribution < -0.4 is 15.8 Å². The van der Waals surface area contributed by atoms with E-state index in [0.717, 1.165) is 41.7 Å². The summed E-state index contributed by atoms with van der Waals surface area (Å²) in [5, 5.41) is 3.37. The molecule has 3 rings (SSSR count). The average molecular weight is 372 g/mol. The van der Waals surface area contributed by atoms with Crippen LogP contribution in [0.1, 0.15) is 46.6 Å². The highest BCUT2D eigenvalue weighted by atomic mass is 32.1. The second-order valence-electron chi connectivity index (χ2n) is 6.76. The van der Waals surface area contributed by atoms with Gasteiger partial charge in [0.05, 0.1) is 5.56 Å². The topological polar surface area (TPSA) is 81.4 Å². The molecule has 2 amide bonds. The van der Waals surface area contributed by atoms with Crippen LogP contribution in [0, 0.1) is 5.92 Å². The van der Waals surface area contributed by atoms with Crippen molar-refractivity contribution in [3.63, 3.8) is 0 Å². The Labute approximate surface area is 157 Å². The van der Waals surface area contributed by atoms with Crippen molar-refractivity contribution in [1.82, 2.24) is 0 Å². The van der Waals surface area contributed by atoms with Crippen LogP contribution in [0.4, 0.5) is 5.00 Å². The highest BCUT2D eigenvalue weighted by Crippen LogP contribution is 2.39. The van der Waals surface area contributed by atoms with E-state index >= 15 is 0 Å². The molecule has 0 saturated carbocycles. The number of nitrogens with two attached hydrogens (primary N) is 1. The van der Waals surface area contributed by atoms with Crippen LogP contribution in [-0.4, -0.2) is 18.4 Å². The van der Waals surface area contributed by atoms with Gasteiger partial charge < -0.3 is 15.8 Å². The fourth-order valence-electron chi connectivity index (χ4n) is 3.27. The zero-order valence-corrected chi connectivity index (χ0v) is 15.9. The van der Waals surface area contributed by atoms with Gasteiger partial charge in [-0.2, -0.15) is 0 Å². The highest BCUT2D eigenvalue weighted by molar-refractivity contribution is 7.17. The number of rotatable bonds is 6. The van der Waals surface area contributed by atoms with Crippen molar-refractivity contribution in [3.8, 4) is 5.75 Å². The van der Waals surface area contributed by atoms with Gasteiger partial charge in [-0.25, -0.2) is 0 Å². The van der Waals surface area contributed by atoms with E-state index in [4.69, 9.17) is 10.5 Å². The van der Waals surface area contributed by atoms with Gasteiger partial charge in [-0.3, -0.25) is 9.59 Å². The van der Waals surface area contributed by atoms with Gasteiger partial charge in [0, 0.05) is 4.88 Å². The number of primary amides is 1. The molecule has 0 radical (unpaired) electrons. The summed E-state index contributed by atoms with van der Waals surface area (Å²) in [7, 11) is 0. The summed E-state index contributed by atoms with van der Waals surface area (Å²) in [5.74, 6) is 0.471. The first-order chi connectivity index (χ1) is 12.5. The first-order valence-electron chi connectivity index (χ1n) is 8.93. The fourth-order valence-corrected chi connectivity index (χ4v) is 4.70. The zero-order chi connectivity index (χ0) is 18.7. The number of thiophene rings is 1. The first-order valence-corrected chi connectivity index (χ1v) is 9.75. The molecular formula is C20H24N2O3S. The lowest BCUT2D eigenvalue weighted by Crippen LogP contribution is -2.22. The number of carbonyl (C=O) groups is 2. The van der Waals surface area contributed by atoms with Crippen LogP contribution >= 0.6 is 11.3 Å². The molecule has 1 atom stereocenters. The Hall–Kier alpha value is -2.34. The van der Waals surface area contributed by atoms with Crippen molar-refractivity contribution in [2.45, 2.75) is 39.5 Å². The summed E-state index contributed by atoms with van der Waals surface area (Å²) in [6, 6.07) is 7.68. The predicted octanol–water partition coefficient (Wildman–Crippen LogP) is 3.55. The molecule has 0 aliphatic heterocycles. The van der Waals surface area contributed by atoms with Crippen LogP contribution in [0.3, 0.4) is 0 Å². The third-order valence-corrected chi connectivity index (χ3v) is 5.86. The van der Waals surface area contributed by atoms with E-state index in [1.165, 1.54) is 11.3 Å². The second-order valence-corrected chi connectivity index (χ2v) is 7.86. The number of nitrogens with one attached hydrogen (secondary N) is 1. The quantitative estimate of drug-likeness (QED) is 0.813. The third kappa shape index (κ3) is 4.07. The van der Waals surface area contributed by atoms with Gasteiger partial charge in [0.1, 0.15) is 10.8 Å². The molecule has 3 N–H and O–H groups in total. The lowest BCUT2D eigenvalue weighted by atomic mass is 9.88. The Kier molecular flexibility index (Phi) is 5.61. The van der Waals surface area contributed by atoms with Gasteiger partial charge in [-0.15, -0.1) is 11.3 Å². The smallest absolute Gasteiger partial charge is 0.262 e. The highest BCUT2D eigenvalue weighted by Gasteiger charge is 2.27. The molecule has 1 aliphatic rings. The molecule has 2 aromatic rings. The summed E-state index contributed by atoms with van der Waals surface area (Å²) in [4.78, 5) is 25.4. The van der Waals surface area contributed by atoms with E-state index in [-0.39, 0.29) is 12.5 Å². The van der Waals surface area contributed by atoms with Crippen molar-refractivity contribution >= 4 is 28.2 Å². The molecule has 0 unspecified atom stereocenters. The number of hydrogen-bond donors (Lipinski definition) is 2. The van der Waals surface area contributed by atoms with Gasteiger partial charge in [0.25, 0.3) is 11.8 Å². The molecule has 0 spiro atoms. The van der Waals surface area contributed by atoms with Crippen molar-refractivity contribution in [3.05, 3.63) is 45.8 Å². The lowest BCUT2D eigenvalue weighted by Gasteiger charge is -2.18. The Bertz CT molecular complexity index is 828. The van der Waals surface area contributed by atoms with Gasteiger partial charge >= 0.3 is 0 Å². The molecule has 6 heteroatoms. The Morgan fingerprint density at radius 1 is 1.38 bits per heavy atom. The molecule has 5 nitrogen and oxygen atoms in total. The maximum absolute atomic E-state index is 12.3. The van der Waals surface area contributed by atoms with Crippen LogP contribution in [0.2, 0.25) is 0 Å². The Morgan fingerprint density at radius 3 is 2.92 bits per heavy atom. The van der Waals surface area contributed by atoms with Crippen LogP contribution in [0.15, 0.2) is 24.3 Å². The fraction of sp³-hybridized carbons (Fsp3) is 0.400. The monoisotopic (exact) mass is 372 g/mol. The predicted molar refractivity (Wildman–Crippen MR) is 104 cm³/mol. The Balaban J connectivity index is 1.70. The molecule has 1 aromatic heterocycles. The van der Waals surface area contributed by atoms with Crippen LogP contribution in [-0.2, 0) is 24.1 Å². The van der Waals surface area contributed by atoms with E-state index in [0.29, 0.717) is 22.2 Å². The van der Waals surface area contributed by atoms with Crippen molar-refractivity contribution in [2.75, 3.05) is 11.9 Å². The Morgan fingerprint density at radius 2 is 2.19 bits per heavy atom. The summed E-state index contributed by atoms with van der Waals surface area (Å²) in [6.07, 6.45) is 3.71. The van der Waals surface area contributed by atoms with E-state index in [1.54, 1.807) is 0 Å². The number of aryl methyl sites for hydroxylation is 1. The largest absolute Gasteiger partial charge is 0.484 e.